The number of hydrogen-bond acceptors (Lipinski definition) is 6. The topological polar surface area (TPSA) is 113 Å². The van der Waals surface area contributed by atoms with E-state index in [1.165, 1.54) is 6.20 Å². The van der Waals surface area contributed by atoms with Crippen LogP contribution < -0.4 is 16.4 Å². The number of amides is 1. The van der Waals surface area contributed by atoms with E-state index in [2.05, 4.69) is 27.5 Å². The van der Waals surface area contributed by atoms with Gasteiger partial charge in [-0.1, -0.05) is 6.92 Å². The Morgan fingerprint density at radius 1 is 1.38 bits per heavy atom. The highest BCUT2D eigenvalue weighted by Crippen LogP contribution is 2.51. The van der Waals surface area contributed by atoms with Crippen LogP contribution in [0.25, 0.3) is 0 Å². The molecule has 1 amide bonds. The molecule has 0 spiro atoms. The first-order valence-corrected chi connectivity index (χ1v) is 8.62. The van der Waals surface area contributed by atoms with Crippen LogP contribution in [-0.2, 0) is 0 Å². The molecule has 7 heteroatoms. The third-order valence-electron chi connectivity index (χ3n) is 5.58. The Labute approximate surface area is 142 Å². The molecular weight excluding hydrogens is 306 g/mol. The SMILES string of the molecule is CCC(C)(C)Nc1nc(NC23CCC(O)(CC2)C3)ncc1C(N)=O. The Kier molecular flexibility index (Phi) is 3.94. The van der Waals surface area contributed by atoms with E-state index in [0.29, 0.717) is 11.8 Å². The number of hydrogen-bond donors (Lipinski definition) is 4. The van der Waals surface area contributed by atoms with Crippen molar-refractivity contribution in [1.82, 2.24) is 9.97 Å². The first-order chi connectivity index (χ1) is 11.2. The molecule has 3 rings (SSSR count). The lowest BCUT2D eigenvalue weighted by atomic mass is 9.93. The molecule has 2 bridgehead atoms. The summed E-state index contributed by atoms with van der Waals surface area (Å²) in [6.45, 7) is 6.15. The van der Waals surface area contributed by atoms with E-state index >= 15 is 0 Å². The molecule has 5 N–H and O–H groups in total. The van der Waals surface area contributed by atoms with Gasteiger partial charge in [-0.2, -0.15) is 4.98 Å². The second-order valence-corrected chi connectivity index (χ2v) is 7.99. The number of carbonyl (C=O) groups excluding carboxylic acids is 1. The van der Waals surface area contributed by atoms with Crippen LogP contribution in [0, 0.1) is 0 Å². The number of nitrogens with one attached hydrogen (secondary N) is 2. The number of nitrogens with zero attached hydrogens (tertiary/aromatic N) is 2. The predicted molar refractivity (Wildman–Crippen MR) is 92.9 cm³/mol. The Morgan fingerprint density at radius 2 is 2.04 bits per heavy atom. The van der Waals surface area contributed by atoms with Crippen LogP contribution in [0.2, 0.25) is 0 Å². The number of rotatable bonds is 6. The van der Waals surface area contributed by atoms with E-state index in [1.807, 2.05) is 13.8 Å². The Bertz CT molecular complexity index is 650. The van der Waals surface area contributed by atoms with E-state index in [9.17, 15) is 9.90 Å². The number of anilines is 2. The van der Waals surface area contributed by atoms with Crippen LogP contribution in [0.5, 0.6) is 0 Å². The third-order valence-corrected chi connectivity index (χ3v) is 5.58. The average molecular weight is 333 g/mol. The summed E-state index contributed by atoms with van der Waals surface area (Å²) < 4.78 is 0. The van der Waals surface area contributed by atoms with Crippen molar-refractivity contribution in [2.24, 2.45) is 5.73 Å². The number of aromatic nitrogens is 2. The largest absolute Gasteiger partial charge is 0.390 e. The van der Waals surface area contributed by atoms with Gasteiger partial charge in [0.2, 0.25) is 5.95 Å². The van der Waals surface area contributed by atoms with Crippen LogP contribution in [-0.4, -0.2) is 37.7 Å². The van der Waals surface area contributed by atoms with Gasteiger partial charge in [0.05, 0.1) is 11.2 Å². The highest BCUT2D eigenvalue weighted by Gasteiger charge is 2.53. The van der Waals surface area contributed by atoms with E-state index < -0.39 is 11.5 Å². The fourth-order valence-corrected chi connectivity index (χ4v) is 3.71. The number of nitrogens with two attached hydrogens (primary N) is 1. The minimum Gasteiger partial charge on any atom is -0.390 e. The van der Waals surface area contributed by atoms with Crippen molar-refractivity contribution in [2.45, 2.75) is 76.0 Å². The molecule has 0 radical (unpaired) electrons. The number of primary amides is 1. The maximum Gasteiger partial charge on any atom is 0.254 e. The summed E-state index contributed by atoms with van der Waals surface area (Å²) in [5.41, 5.74) is 4.85. The van der Waals surface area contributed by atoms with Gasteiger partial charge in [0, 0.05) is 17.3 Å². The molecule has 0 saturated heterocycles. The molecular formula is C17H27N5O2. The highest BCUT2D eigenvalue weighted by molar-refractivity contribution is 5.97. The van der Waals surface area contributed by atoms with Crippen molar-refractivity contribution in [3.8, 4) is 0 Å². The number of aliphatic hydroxyl groups is 1. The van der Waals surface area contributed by atoms with Crippen molar-refractivity contribution in [3.63, 3.8) is 0 Å². The lowest BCUT2D eigenvalue weighted by Crippen LogP contribution is -2.35. The summed E-state index contributed by atoms with van der Waals surface area (Å²) in [5.74, 6) is 0.375. The van der Waals surface area contributed by atoms with Crippen molar-refractivity contribution in [1.29, 1.82) is 0 Å². The molecule has 132 valence electrons. The molecule has 2 saturated carbocycles. The zero-order valence-corrected chi connectivity index (χ0v) is 14.6. The fourth-order valence-electron chi connectivity index (χ4n) is 3.71. The van der Waals surface area contributed by atoms with E-state index in [0.717, 1.165) is 38.5 Å². The molecule has 0 unspecified atom stereocenters. The summed E-state index contributed by atoms with van der Waals surface area (Å²) in [5, 5.41) is 17.1. The minimum atomic E-state index is -0.551. The predicted octanol–water partition coefficient (Wildman–Crippen LogP) is 2.04. The lowest BCUT2D eigenvalue weighted by Gasteiger charge is -2.29. The van der Waals surface area contributed by atoms with Crippen molar-refractivity contribution < 1.29 is 9.90 Å². The molecule has 24 heavy (non-hydrogen) atoms. The minimum absolute atomic E-state index is 0.138. The monoisotopic (exact) mass is 333 g/mol. The van der Waals surface area contributed by atoms with Crippen molar-refractivity contribution in [3.05, 3.63) is 11.8 Å². The van der Waals surface area contributed by atoms with Gasteiger partial charge in [0.25, 0.3) is 5.91 Å². The van der Waals surface area contributed by atoms with Gasteiger partial charge in [-0.15, -0.1) is 0 Å². The van der Waals surface area contributed by atoms with Gasteiger partial charge in [0.15, 0.2) is 0 Å². The maximum atomic E-state index is 11.7. The molecule has 2 aliphatic rings. The first-order valence-electron chi connectivity index (χ1n) is 8.62. The van der Waals surface area contributed by atoms with Crippen LogP contribution in [0.3, 0.4) is 0 Å². The van der Waals surface area contributed by atoms with E-state index in [1.54, 1.807) is 0 Å². The standard InChI is InChI=1S/C17H27N5O2/c1-4-15(2,3)21-13-11(12(18)23)9-19-14(20-13)22-16-5-7-17(24,10-16)8-6-16/h9,24H,4-8,10H2,1-3H3,(H2,18,23)(H2,19,20,21,22). The number of fused-ring (bicyclic) bond motifs is 2. The molecule has 0 aromatic carbocycles. The summed E-state index contributed by atoms with van der Waals surface area (Å²) in [6.07, 6.45) is 6.51. The molecule has 1 heterocycles. The second kappa shape index (κ2) is 5.58. The molecule has 2 aliphatic carbocycles. The van der Waals surface area contributed by atoms with Crippen molar-refractivity contribution in [2.75, 3.05) is 10.6 Å². The van der Waals surface area contributed by atoms with Gasteiger partial charge >= 0.3 is 0 Å². The van der Waals surface area contributed by atoms with Gasteiger partial charge in [-0.3, -0.25) is 4.79 Å². The van der Waals surface area contributed by atoms with Crippen LogP contribution in [0.4, 0.5) is 11.8 Å². The van der Waals surface area contributed by atoms with Gasteiger partial charge in [-0.25, -0.2) is 4.98 Å². The molecule has 0 atom stereocenters. The molecule has 1 aromatic rings. The quantitative estimate of drug-likeness (QED) is 0.633. The second-order valence-electron chi connectivity index (χ2n) is 7.99. The van der Waals surface area contributed by atoms with Crippen LogP contribution in [0.1, 0.15) is 69.7 Å². The van der Waals surface area contributed by atoms with E-state index in [4.69, 9.17) is 5.73 Å². The zero-order chi connectivity index (χ0) is 17.6. The maximum absolute atomic E-state index is 11.7. The van der Waals surface area contributed by atoms with E-state index in [-0.39, 0.29) is 16.6 Å². The Morgan fingerprint density at radius 3 is 2.54 bits per heavy atom. The zero-order valence-electron chi connectivity index (χ0n) is 14.6. The molecule has 2 fully saturated rings. The first kappa shape index (κ1) is 17.0. The average Bonchev–Trinajstić information content (AvgIpc) is 3.00. The molecule has 7 nitrogen and oxygen atoms in total. The lowest BCUT2D eigenvalue weighted by molar-refractivity contribution is 0.0521. The van der Waals surface area contributed by atoms with Gasteiger partial charge in [0.1, 0.15) is 5.82 Å². The summed E-state index contributed by atoms with van der Waals surface area (Å²) >= 11 is 0. The summed E-state index contributed by atoms with van der Waals surface area (Å²) in [7, 11) is 0. The molecule has 0 aliphatic heterocycles. The number of carbonyl (C=O) groups is 1. The van der Waals surface area contributed by atoms with Crippen LogP contribution in [0.15, 0.2) is 6.20 Å². The normalized spacial score (nSPS) is 28.8. The smallest absolute Gasteiger partial charge is 0.254 e. The summed E-state index contributed by atoms with van der Waals surface area (Å²) in [4.78, 5) is 20.4. The van der Waals surface area contributed by atoms with Crippen molar-refractivity contribution >= 4 is 17.7 Å². The molecule has 1 aromatic heterocycles. The highest BCUT2D eigenvalue weighted by atomic mass is 16.3. The third kappa shape index (κ3) is 3.17. The Balaban J connectivity index is 1.86. The fraction of sp³-hybridized carbons (Fsp3) is 0.706. The van der Waals surface area contributed by atoms with Crippen LogP contribution >= 0.6 is 0 Å². The Hall–Kier alpha value is -1.89. The summed E-state index contributed by atoms with van der Waals surface area (Å²) in [6, 6.07) is 0. The van der Waals surface area contributed by atoms with Gasteiger partial charge < -0.3 is 21.5 Å². The van der Waals surface area contributed by atoms with Gasteiger partial charge in [-0.05, 0) is 52.4 Å².